The van der Waals surface area contributed by atoms with Crippen molar-refractivity contribution in [1.82, 2.24) is 9.55 Å². The lowest BCUT2D eigenvalue weighted by molar-refractivity contribution is 0.0694. The summed E-state index contributed by atoms with van der Waals surface area (Å²) in [6.45, 7) is 6.52. The molecular formula is C15H17FN2O5S. The molecule has 0 radical (unpaired) electrons. The van der Waals surface area contributed by atoms with Crippen LogP contribution in [0.1, 0.15) is 38.1 Å². The van der Waals surface area contributed by atoms with E-state index in [0.717, 1.165) is 12.3 Å². The van der Waals surface area contributed by atoms with E-state index in [4.69, 9.17) is 0 Å². The summed E-state index contributed by atoms with van der Waals surface area (Å²) >= 11 is 0. The van der Waals surface area contributed by atoms with Crippen LogP contribution in [-0.4, -0.2) is 34.8 Å². The molecule has 0 amide bonds. The zero-order valence-corrected chi connectivity index (χ0v) is 14.4. The van der Waals surface area contributed by atoms with Gasteiger partial charge in [-0.15, -0.1) is 0 Å². The zero-order chi connectivity index (χ0) is 18.4. The van der Waals surface area contributed by atoms with Crippen LogP contribution in [0.15, 0.2) is 22.1 Å². The summed E-state index contributed by atoms with van der Waals surface area (Å²) in [5.41, 5.74) is -2.24. The van der Waals surface area contributed by atoms with Crippen molar-refractivity contribution in [3.63, 3.8) is 0 Å². The highest BCUT2D eigenvalue weighted by Crippen LogP contribution is 2.24. The first-order valence-electron chi connectivity index (χ1n) is 7.12. The maximum atomic E-state index is 14.2. The number of carboxylic acids is 1. The van der Waals surface area contributed by atoms with Gasteiger partial charge in [-0.25, -0.2) is 22.6 Å². The van der Waals surface area contributed by atoms with Crippen molar-refractivity contribution in [3.05, 3.63) is 33.9 Å². The Bertz CT molecular complexity index is 1000. The monoisotopic (exact) mass is 356 g/mol. The second kappa shape index (κ2) is 5.66. The molecule has 2 heterocycles. The molecule has 0 aliphatic rings. The second-order valence-electron chi connectivity index (χ2n) is 6.27. The van der Waals surface area contributed by atoms with Crippen LogP contribution in [0.3, 0.4) is 0 Å². The number of hydrogen-bond acceptors (Lipinski definition) is 5. The number of nitrogens with zero attached hydrogens (tertiary/aromatic N) is 2. The number of halogens is 1. The molecule has 2 rings (SSSR count). The molecule has 24 heavy (non-hydrogen) atoms. The van der Waals surface area contributed by atoms with Crippen LogP contribution in [0.5, 0.6) is 0 Å². The van der Waals surface area contributed by atoms with Crippen LogP contribution in [0.4, 0.5) is 4.39 Å². The molecule has 2 aromatic heterocycles. The normalized spacial score (nSPS) is 12.5. The van der Waals surface area contributed by atoms with Crippen LogP contribution < -0.4 is 5.43 Å². The molecule has 0 unspecified atom stereocenters. The van der Waals surface area contributed by atoms with Crippen molar-refractivity contribution >= 4 is 26.8 Å². The summed E-state index contributed by atoms with van der Waals surface area (Å²) < 4.78 is 39.6. The number of carboxylic acid groups (broad SMARTS) is 1. The smallest absolute Gasteiger partial charge is 0.341 e. The van der Waals surface area contributed by atoms with Gasteiger partial charge in [-0.3, -0.25) is 4.79 Å². The maximum absolute atomic E-state index is 14.2. The first kappa shape index (κ1) is 18.1. The Morgan fingerprint density at radius 1 is 1.38 bits per heavy atom. The largest absolute Gasteiger partial charge is 0.477 e. The Hall–Kier alpha value is -2.29. The van der Waals surface area contributed by atoms with Gasteiger partial charge in [0.2, 0.25) is 5.43 Å². The average molecular weight is 356 g/mol. The van der Waals surface area contributed by atoms with E-state index in [1.54, 1.807) is 20.8 Å². The molecule has 0 spiro atoms. The van der Waals surface area contributed by atoms with E-state index < -0.39 is 43.2 Å². The van der Waals surface area contributed by atoms with Gasteiger partial charge in [-0.2, -0.15) is 0 Å². The van der Waals surface area contributed by atoms with Gasteiger partial charge in [0, 0.05) is 11.7 Å². The van der Waals surface area contributed by atoms with E-state index >= 15 is 0 Å². The first-order valence-corrected chi connectivity index (χ1v) is 8.77. The Balaban J connectivity index is 3.08. The molecule has 0 aliphatic heterocycles. The lowest BCUT2D eigenvalue weighted by Crippen LogP contribution is -2.29. The predicted octanol–water partition coefficient (Wildman–Crippen LogP) is 1.78. The summed E-state index contributed by atoms with van der Waals surface area (Å²) in [6.07, 6.45) is 1.10. The molecule has 0 saturated carbocycles. The number of aromatic nitrogens is 2. The highest BCUT2D eigenvalue weighted by molar-refractivity contribution is 7.91. The fourth-order valence-corrected chi connectivity index (χ4v) is 3.08. The first-order chi connectivity index (χ1) is 10.9. The average Bonchev–Trinajstić information content (AvgIpc) is 2.45. The van der Waals surface area contributed by atoms with Gasteiger partial charge < -0.3 is 9.67 Å². The molecule has 2 aromatic rings. The third-order valence-corrected chi connectivity index (χ3v) is 5.16. The van der Waals surface area contributed by atoms with Gasteiger partial charge >= 0.3 is 5.97 Å². The van der Waals surface area contributed by atoms with Crippen LogP contribution in [0.25, 0.3) is 11.0 Å². The number of sulfone groups is 1. The lowest BCUT2D eigenvalue weighted by Gasteiger charge is -2.25. The Morgan fingerprint density at radius 2 is 1.96 bits per heavy atom. The number of pyridine rings is 2. The maximum Gasteiger partial charge on any atom is 0.341 e. The fourth-order valence-electron chi connectivity index (χ4n) is 2.23. The van der Waals surface area contributed by atoms with E-state index in [2.05, 4.69) is 4.98 Å². The number of aromatic carboxylic acids is 1. The Morgan fingerprint density at radius 3 is 2.42 bits per heavy atom. The molecule has 7 nitrogen and oxygen atoms in total. The minimum absolute atomic E-state index is 0.0778. The van der Waals surface area contributed by atoms with Crippen LogP contribution in [-0.2, 0) is 15.4 Å². The molecule has 0 fully saturated rings. The number of fused-ring (bicyclic) bond motifs is 1. The van der Waals surface area contributed by atoms with E-state index in [1.165, 1.54) is 11.5 Å². The number of carbonyl (C=O) groups is 1. The lowest BCUT2D eigenvalue weighted by atomic mass is 10.1. The predicted molar refractivity (Wildman–Crippen MR) is 85.6 cm³/mol. The van der Waals surface area contributed by atoms with Crippen molar-refractivity contribution in [1.29, 1.82) is 0 Å². The highest BCUT2D eigenvalue weighted by Gasteiger charge is 2.26. The Kier molecular flexibility index (Phi) is 4.26. The van der Waals surface area contributed by atoms with Gasteiger partial charge in [0.25, 0.3) is 0 Å². The van der Waals surface area contributed by atoms with Gasteiger partial charge in [0.15, 0.2) is 20.7 Å². The standard InChI is InChI=1S/C15H17FN2O5S/c1-5-24(22,23)13-10(16)6-8-11(19)9(14(20)21)7-18(12(8)17-13)15(2,3)4/h6-7H,5H2,1-4H3,(H,20,21). The van der Waals surface area contributed by atoms with Crippen LogP contribution in [0, 0.1) is 5.82 Å². The van der Waals surface area contributed by atoms with Crippen molar-refractivity contribution < 1.29 is 22.7 Å². The van der Waals surface area contributed by atoms with Crippen molar-refractivity contribution in [2.75, 3.05) is 5.75 Å². The summed E-state index contributed by atoms with van der Waals surface area (Å²) in [5.74, 6) is -2.98. The second-order valence-corrected chi connectivity index (χ2v) is 8.46. The third-order valence-electron chi connectivity index (χ3n) is 3.53. The molecule has 1 N–H and O–H groups in total. The van der Waals surface area contributed by atoms with Crippen LogP contribution in [0.2, 0.25) is 0 Å². The minimum Gasteiger partial charge on any atom is -0.477 e. The quantitative estimate of drug-likeness (QED) is 0.898. The third kappa shape index (κ3) is 2.91. The molecular weight excluding hydrogens is 339 g/mol. The highest BCUT2D eigenvalue weighted by atomic mass is 32.2. The number of hydrogen-bond donors (Lipinski definition) is 1. The van der Waals surface area contributed by atoms with E-state index in [1.807, 2.05) is 0 Å². The summed E-state index contributed by atoms with van der Waals surface area (Å²) in [5, 5.41) is 8.15. The molecule has 0 aliphatic carbocycles. The molecule has 0 bridgehead atoms. The van der Waals surface area contributed by atoms with Crippen LogP contribution >= 0.6 is 0 Å². The molecule has 9 heteroatoms. The summed E-state index contributed by atoms with van der Waals surface area (Å²) in [6, 6.07) is 0.738. The van der Waals surface area contributed by atoms with Crippen molar-refractivity contribution in [3.8, 4) is 0 Å². The number of rotatable bonds is 3. The van der Waals surface area contributed by atoms with Gasteiger partial charge in [0.1, 0.15) is 11.2 Å². The van der Waals surface area contributed by atoms with E-state index in [9.17, 15) is 27.5 Å². The SMILES string of the molecule is CCS(=O)(=O)c1nc2c(cc1F)c(=O)c(C(=O)O)cn2C(C)(C)C. The zero-order valence-electron chi connectivity index (χ0n) is 13.6. The molecule has 0 aromatic carbocycles. The summed E-state index contributed by atoms with van der Waals surface area (Å²) in [7, 11) is -3.94. The van der Waals surface area contributed by atoms with Crippen molar-refractivity contribution in [2.24, 2.45) is 0 Å². The van der Waals surface area contributed by atoms with E-state index in [-0.39, 0.29) is 16.8 Å². The Labute approximate surface area is 137 Å². The van der Waals surface area contributed by atoms with Gasteiger partial charge in [0.05, 0.1) is 11.1 Å². The molecule has 0 atom stereocenters. The summed E-state index contributed by atoms with van der Waals surface area (Å²) in [4.78, 5) is 27.4. The van der Waals surface area contributed by atoms with Crippen molar-refractivity contribution in [2.45, 2.75) is 38.3 Å². The van der Waals surface area contributed by atoms with Gasteiger partial charge in [-0.05, 0) is 26.8 Å². The van der Waals surface area contributed by atoms with Gasteiger partial charge in [-0.1, -0.05) is 6.92 Å². The fraction of sp³-hybridized carbons (Fsp3) is 0.400. The molecule has 130 valence electrons. The van der Waals surface area contributed by atoms with E-state index in [0.29, 0.717) is 0 Å². The topological polar surface area (TPSA) is 106 Å². The molecule has 0 saturated heterocycles. The minimum atomic E-state index is -3.94.